The van der Waals surface area contributed by atoms with Crippen LogP contribution in [0.25, 0.3) is 0 Å². The summed E-state index contributed by atoms with van der Waals surface area (Å²) in [4.78, 5) is 59.4. The van der Waals surface area contributed by atoms with Crippen LogP contribution in [-0.4, -0.2) is 54.3 Å². The molecular formula is C15H15N3O6. The Morgan fingerprint density at radius 3 is 2.17 bits per heavy atom. The standard InChI is InChI=1S/C15H15N3O6/c1-8(12(20)17-15(23)16-2)24-11(19)7-18-13(21)9-5-3-4-6-10(9)14(18)22/h3-6,8H,7H2,1-2H3,(H2,16,17,20,23). The normalized spacial score (nSPS) is 14.0. The van der Waals surface area contributed by atoms with E-state index in [1.54, 1.807) is 12.1 Å². The molecule has 1 aromatic carbocycles. The van der Waals surface area contributed by atoms with Gasteiger partial charge in [0.1, 0.15) is 6.54 Å². The summed E-state index contributed by atoms with van der Waals surface area (Å²) in [6.45, 7) is 0.641. The number of carbonyl (C=O) groups excluding carboxylic acids is 5. The number of benzene rings is 1. The molecule has 0 saturated carbocycles. The second kappa shape index (κ2) is 6.90. The van der Waals surface area contributed by atoms with Crippen molar-refractivity contribution >= 4 is 29.7 Å². The summed E-state index contributed by atoms with van der Waals surface area (Å²) < 4.78 is 4.84. The van der Waals surface area contributed by atoms with Crippen molar-refractivity contribution in [3.05, 3.63) is 35.4 Å². The number of hydrogen-bond acceptors (Lipinski definition) is 6. The van der Waals surface area contributed by atoms with Crippen LogP contribution in [0.2, 0.25) is 0 Å². The quantitative estimate of drug-likeness (QED) is 0.575. The molecule has 0 saturated heterocycles. The van der Waals surface area contributed by atoms with Gasteiger partial charge in [0, 0.05) is 7.05 Å². The zero-order chi connectivity index (χ0) is 17.9. The number of nitrogens with one attached hydrogen (secondary N) is 2. The second-order valence-electron chi connectivity index (χ2n) is 4.94. The maximum atomic E-state index is 12.1. The number of imide groups is 2. The third-order valence-electron chi connectivity index (χ3n) is 3.31. The largest absolute Gasteiger partial charge is 0.451 e. The van der Waals surface area contributed by atoms with Gasteiger partial charge in [-0.3, -0.25) is 29.4 Å². The van der Waals surface area contributed by atoms with Gasteiger partial charge in [0.05, 0.1) is 11.1 Å². The van der Waals surface area contributed by atoms with Gasteiger partial charge in [0.2, 0.25) is 0 Å². The Labute approximate surface area is 136 Å². The summed E-state index contributed by atoms with van der Waals surface area (Å²) in [5.74, 6) is -2.97. The lowest BCUT2D eigenvalue weighted by molar-refractivity contribution is -0.154. The number of urea groups is 1. The van der Waals surface area contributed by atoms with E-state index in [1.807, 2.05) is 5.32 Å². The molecule has 5 amide bonds. The van der Waals surface area contributed by atoms with Crippen LogP contribution in [0.1, 0.15) is 27.6 Å². The molecule has 9 heteroatoms. The van der Waals surface area contributed by atoms with Gasteiger partial charge >= 0.3 is 12.0 Å². The van der Waals surface area contributed by atoms with E-state index in [0.717, 1.165) is 4.90 Å². The molecule has 1 unspecified atom stereocenters. The summed E-state index contributed by atoms with van der Waals surface area (Å²) in [5.41, 5.74) is 0.418. The molecule has 2 N–H and O–H groups in total. The molecule has 1 heterocycles. The van der Waals surface area contributed by atoms with Gasteiger partial charge < -0.3 is 10.1 Å². The molecule has 1 aliphatic rings. The highest BCUT2D eigenvalue weighted by Gasteiger charge is 2.37. The van der Waals surface area contributed by atoms with Crippen LogP contribution in [0.3, 0.4) is 0 Å². The van der Waals surface area contributed by atoms with E-state index in [4.69, 9.17) is 4.74 Å². The highest BCUT2D eigenvalue weighted by molar-refractivity contribution is 6.22. The topological polar surface area (TPSA) is 122 Å². The highest BCUT2D eigenvalue weighted by atomic mass is 16.5. The van der Waals surface area contributed by atoms with Crippen LogP contribution in [0, 0.1) is 0 Å². The van der Waals surface area contributed by atoms with Crippen molar-refractivity contribution in [2.24, 2.45) is 0 Å². The van der Waals surface area contributed by atoms with Crippen LogP contribution in [0.5, 0.6) is 0 Å². The smallest absolute Gasteiger partial charge is 0.326 e. The molecule has 0 bridgehead atoms. The van der Waals surface area contributed by atoms with E-state index in [2.05, 4.69) is 5.32 Å². The second-order valence-corrected chi connectivity index (χ2v) is 4.94. The monoisotopic (exact) mass is 333 g/mol. The third-order valence-corrected chi connectivity index (χ3v) is 3.31. The fraction of sp³-hybridized carbons (Fsp3) is 0.267. The summed E-state index contributed by atoms with van der Waals surface area (Å²) in [5, 5.41) is 4.12. The number of nitrogens with zero attached hydrogens (tertiary/aromatic N) is 1. The number of carbonyl (C=O) groups is 5. The number of rotatable bonds is 4. The van der Waals surface area contributed by atoms with Crippen LogP contribution in [0.4, 0.5) is 4.79 Å². The third kappa shape index (κ3) is 3.40. The lowest BCUT2D eigenvalue weighted by atomic mass is 10.1. The minimum Gasteiger partial charge on any atom is -0.451 e. The van der Waals surface area contributed by atoms with Crippen LogP contribution in [-0.2, 0) is 14.3 Å². The number of ether oxygens (including phenoxy) is 1. The van der Waals surface area contributed by atoms with Gasteiger partial charge in [0.15, 0.2) is 6.10 Å². The van der Waals surface area contributed by atoms with Crippen molar-refractivity contribution in [1.82, 2.24) is 15.5 Å². The molecule has 0 aliphatic carbocycles. The van der Waals surface area contributed by atoms with E-state index in [1.165, 1.54) is 26.1 Å². The summed E-state index contributed by atoms with van der Waals surface area (Å²) in [7, 11) is 1.32. The maximum Gasteiger partial charge on any atom is 0.326 e. The zero-order valence-electron chi connectivity index (χ0n) is 13.0. The lowest BCUT2D eigenvalue weighted by Gasteiger charge is -2.16. The van der Waals surface area contributed by atoms with Crippen molar-refractivity contribution < 1.29 is 28.7 Å². The van der Waals surface area contributed by atoms with Gasteiger partial charge in [0.25, 0.3) is 17.7 Å². The molecule has 126 valence electrons. The Kier molecular flexibility index (Phi) is 4.93. The minimum absolute atomic E-state index is 0.209. The Hall–Kier alpha value is -3.23. The van der Waals surface area contributed by atoms with Gasteiger partial charge in [-0.25, -0.2) is 4.79 Å². The van der Waals surface area contributed by atoms with E-state index in [0.29, 0.717) is 0 Å². The zero-order valence-corrected chi connectivity index (χ0v) is 13.0. The van der Waals surface area contributed by atoms with E-state index in [9.17, 15) is 24.0 Å². The molecule has 2 rings (SSSR count). The first kappa shape index (κ1) is 17.1. The Morgan fingerprint density at radius 2 is 1.67 bits per heavy atom. The van der Waals surface area contributed by atoms with E-state index >= 15 is 0 Å². The van der Waals surface area contributed by atoms with Crippen LogP contribution in [0.15, 0.2) is 24.3 Å². The number of fused-ring (bicyclic) bond motifs is 1. The fourth-order valence-corrected chi connectivity index (χ4v) is 2.08. The van der Waals surface area contributed by atoms with Crippen LogP contribution >= 0.6 is 0 Å². The van der Waals surface area contributed by atoms with Crippen LogP contribution < -0.4 is 10.6 Å². The van der Waals surface area contributed by atoms with Crippen molar-refractivity contribution in [2.75, 3.05) is 13.6 Å². The highest BCUT2D eigenvalue weighted by Crippen LogP contribution is 2.22. The molecule has 0 aromatic heterocycles. The Bertz CT molecular complexity index is 695. The number of esters is 1. The van der Waals surface area contributed by atoms with Gasteiger partial charge in [-0.15, -0.1) is 0 Å². The first-order chi connectivity index (χ1) is 11.3. The maximum absolute atomic E-state index is 12.1. The van der Waals surface area contributed by atoms with Gasteiger partial charge in [-0.1, -0.05) is 12.1 Å². The lowest BCUT2D eigenvalue weighted by Crippen LogP contribution is -2.44. The van der Waals surface area contributed by atoms with E-state index < -0.39 is 42.4 Å². The average molecular weight is 333 g/mol. The summed E-state index contributed by atoms with van der Waals surface area (Å²) >= 11 is 0. The summed E-state index contributed by atoms with van der Waals surface area (Å²) in [6, 6.07) is 5.44. The van der Waals surface area contributed by atoms with Gasteiger partial charge in [-0.05, 0) is 19.1 Å². The van der Waals surface area contributed by atoms with Crippen molar-refractivity contribution in [3.63, 3.8) is 0 Å². The summed E-state index contributed by atoms with van der Waals surface area (Å²) in [6.07, 6.45) is -1.26. The van der Waals surface area contributed by atoms with Crippen molar-refractivity contribution in [2.45, 2.75) is 13.0 Å². The Balaban J connectivity index is 1.96. The molecule has 0 fully saturated rings. The molecule has 1 aromatic rings. The molecule has 9 nitrogen and oxygen atoms in total. The van der Waals surface area contributed by atoms with Gasteiger partial charge in [-0.2, -0.15) is 0 Å². The molecular weight excluding hydrogens is 318 g/mol. The Morgan fingerprint density at radius 1 is 1.12 bits per heavy atom. The predicted octanol–water partition coefficient (Wildman–Crippen LogP) is -0.330. The predicted molar refractivity (Wildman–Crippen MR) is 80.0 cm³/mol. The minimum atomic E-state index is -1.26. The number of hydrogen-bond donors (Lipinski definition) is 2. The number of amides is 5. The molecule has 0 spiro atoms. The first-order valence-electron chi connectivity index (χ1n) is 7.02. The SMILES string of the molecule is CNC(=O)NC(=O)C(C)OC(=O)CN1C(=O)c2ccccc2C1=O. The van der Waals surface area contributed by atoms with E-state index in [-0.39, 0.29) is 11.1 Å². The molecule has 0 radical (unpaired) electrons. The molecule has 24 heavy (non-hydrogen) atoms. The first-order valence-corrected chi connectivity index (χ1v) is 7.02. The molecule has 1 atom stereocenters. The average Bonchev–Trinajstić information content (AvgIpc) is 2.80. The van der Waals surface area contributed by atoms with Crippen molar-refractivity contribution in [1.29, 1.82) is 0 Å². The molecule has 1 aliphatic heterocycles. The van der Waals surface area contributed by atoms with Crippen molar-refractivity contribution in [3.8, 4) is 0 Å². The fourth-order valence-electron chi connectivity index (χ4n) is 2.08.